The average molecular weight is 370 g/mol. The summed E-state index contributed by atoms with van der Waals surface area (Å²) in [5, 5.41) is 11.1. The van der Waals surface area contributed by atoms with E-state index in [0.29, 0.717) is 13.1 Å². The standard InChI is InChI=1S/C18H20N4O2.CH2O2/c1-13-17(23)20-10-2-4-16(20)18(24)21(13)12-14-5-7-15(8-6-14)22-11-3-9-19-22;2-1-3/h3,5-9,11,13,16H,2,4,10,12H2,1H3;1H,(H,2,3)/t13-,16+;/m0./s1. The molecule has 4 rings (SSSR count). The molecule has 0 radical (unpaired) electrons. The smallest absolute Gasteiger partial charge is 0.290 e. The maximum Gasteiger partial charge on any atom is 0.290 e. The van der Waals surface area contributed by atoms with Crippen molar-refractivity contribution in [2.75, 3.05) is 6.54 Å². The van der Waals surface area contributed by atoms with Crippen molar-refractivity contribution in [2.45, 2.75) is 38.4 Å². The lowest BCUT2D eigenvalue weighted by Gasteiger charge is -2.41. The van der Waals surface area contributed by atoms with Gasteiger partial charge in [-0.25, -0.2) is 4.68 Å². The van der Waals surface area contributed by atoms with Crippen molar-refractivity contribution in [2.24, 2.45) is 0 Å². The summed E-state index contributed by atoms with van der Waals surface area (Å²) in [6.45, 7) is 2.76. The Balaban J connectivity index is 0.000000659. The van der Waals surface area contributed by atoms with Gasteiger partial charge in [-0.2, -0.15) is 5.10 Å². The van der Waals surface area contributed by atoms with E-state index >= 15 is 0 Å². The molecule has 2 aliphatic heterocycles. The highest BCUT2D eigenvalue weighted by molar-refractivity contribution is 5.97. The van der Waals surface area contributed by atoms with E-state index in [4.69, 9.17) is 9.90 Å². The minimum absolute atomic E-state index is 0.0743. The first-order chi connectivity index (χ1) is 13.1. The van der Waals surface area contributed by atoms with Crippen molar-refractivity contribution in [3.8, 4) is 5.69 Å². The van der Waals surface area contributed by atoms with E-state index in [1.807, 2.05) is 43.5 Å². The number of amides is 2. The van der Waals surface area contributed by atoms with Crippen LogP contribution in [0.25, 0.3) is 5.69 Å². The Morgan fingerprint density at radius 2 is 1.93 bits per heavy atom. The van der Waals surface area contributed by atoms with Gasteiger partial charge in [-0.05, 0) is 43.5 Å². The minimum atomic E-state index is -0.391. The number of carbonyl (C=O) groups is 3. The molecule has 1 aromatic carbocycles. The molecule has 2 aliphatic rings. The van der Waals surface area contributed by atoms with Crippen LogP contribution in [0.4, 0.5) is 0 Å². The van der Waals surface area contributed by atoms with Gasteiger partial charge in [0, 0.05) is 25.5 Å². The maximum atomic E-state index is 12.7. The second-order valence-corrected chi connectivity index (χ2v) is 6.55. The molecule has 0 unspecified atom stereocenters. The molecule has 8 nitrogen and oxygen atoms in total. The molecule has 2 amide bonds. The quantitative estimate of drug-likeness (QED) is 0.822. The molecule has 2 aromatic rings. The zero-order valence-corrected chi connectivity index (χ0v) is 15.1. The first kappa shape index (κ1) is 18.6. The molecule has 0 bridgehead atoms. The molecule has 142 valence electrons. The highest BCUT2D eigenvalue weighted by Gasteiger charge is 2.45. The van der Waals surface area contributed by atoms with Crippen LogP contribution in [-0.2, 0) is 20.9 Å². The number of benzene rings is 1. The summed E-state index contributed by atoms with van der Waals surface area (Å²) in [5.41, 5.74) is 1.99. The highest BCUT2D eigenvalue weighted by Crippen LogP contribution is 2.28. The minimum Gasteiger partial charge on any atom is -0.483 e. The molecular formula is C19H22N4O4. The van der Waals surface area contributed by atoms with Gasteiger partial charge in [0.15, 0.2) is 0 Å². The third-order valence-electron chi connectivity index (χ3n) is 4.99. The number of rotatable bonds is 3. The lowest BCUT2D eigenvalue weighted by molar-refractivity contribution is -0.159. The number of carboxylic acid groups (broad SMARTS) is 1. The van der Waals surface area contributed by atoms with Crippen molar-refractivity contribution >= 4 is 18.3 Å². The zero-order chi connectivity index (χ0) is 19.4. The Hall–Kier alpha value is -3.16. The van der Waals surface area contributed by atoms with Crippen molar-refractivity contribution in [3.63, 3.8) is 0 Å². The molecule has 2 saturated heterocycles. The van der Waals surface area contributed by atoms with Gasteiger partial charge < -0.3 is 14.9 Å². The first-order valence-electron chi connectivity index (χ1n) is 8.84. The topological polar surface area (TPSA) is 95.7 Å². The summed E-state index contributed by atoms with van der Waals surface area (Å²) in [7, 11) is 0. The molecule has 3 heterocycles. The van der Waals surface area contributed by atoms with E-state index in [0.717, 1.165) is 24.1 Å². The number of piperazine rings is 1. The fourth-order valence-corrected chi connectivity index (χ4v) is 3.63. The summed E-state index contributed by atoms with van der Waals surface area (Å²) < 4.78 is 1.79. The summed E-state index contributed by atoms with van der Waals surface area (Å²) in [4.78, 5) is 37.1. The monoisotopic (exact) mass is 370 g/mol. The fourth-order valence-electron chi connectivity index (χ4n) is 3.63. The average Bonchev–Trinajstić information content (AvgIpc) is 3.36. The molecule has 0 saturated carbocycles. The molecule has 0 spiro atoms. The van der Waals surface area contributed by atoms with Crippen molar-refractivity contribution < 1.29 is 19.5 Å². The van der Waals surface area contributed by atoms with Crippen LogP contribution in [0.15, 0.2) is 42.7 Å². The largest absolute Gasteiger partial charge is 0.483 e. The third-order valence-corrected chi connectivity index (χ3v) is 4.99. The van der Waals surface area contributed by atoms with E-state index in [1.165, 1.54) is 0 Å². The number of fused-ring (bicyclic) bond motifs is 1. The predicted molar refractivity (Wildman–Crippen MR) is 97.0 cm³/mol. The van der Waals surface area contributed by atoms with Gasteiger partial charge >= 0.3 is 0 Å². The van der Waals surface area contributed by atoms with E-state index in [2.05, 4.69) is 5.10 Å². The lowest BCUT2D eigenvalue weighted by atomic mass is 10.0. The van der Waals surface area contributed by atoms with Gasteiger partial charge in [0.2, 0.25) is 11.8 Å². The van der Waals surface area contributed by atoms with Gasteiger partial charge in [0.1, 0.15) is 12.1 Å². The predicted octanol–water partition coefficient (Wildman–Crippen LogP) is 1.29. The Morgan fingerprint density at radius 1 is 1.22 bits per heavy atom. The molecule has 2 atom stereocenters. The lowest BCUT2D eigenvalue weighted by Crippen LogP contribution is -2.61. The number of aromatic nitrogens is 2. The number of hydrogen-bond donors (Lipinski definition) is 1. The number of nitrogens with zero attached hydrogens (tertiary/aromatic N) is 4. The third kappa shape index (κ3) is 3.69. The van der Waals surface area contributed by atoms with E-state index < -0.39 is 6.04 Å². The van der Waals surface area contributed by atoms with E-state index in [-0.39, 0.29) is 24.3 Å². The molecule has 8 heteroatoms. The van der Waals surface area contributed by atoms with Crippen LogP contribution in [0, 0.1) is 0 Å². The van der Waals surface area contributed by atoms with Gasteiger partial charge in [-0.1, -0.05) is 12.1 Å². The summed E-state index contributed by atoms with van der Waals surface area (Å²) in [6.07, 6.45) is 5.33. The second kappa shape index (κ2) is 8.03. The first-order valence-corrected chi connectivity index (χ1v) is 8.84. The SMILES string of the molecule is C[C@H]1C(=O)N2CCC[C@@H]2C(=O)N1Cc1ccc(-n2cccn2)cc1.O=CO. The van der Waals surface area contributed by atoms with Crippen LogP contribution in [0.5, 0.6) is 0 Å². The summed E-state index contributed by atoms with van der Waals surface area (Å²) in [6, 6.07) is 9.16. The summed E-state index contributed by atoms with van der Waals surface area (Å²) in [5.74, 6) is 0.154. The Bertz CT molecular complexity index is 804. The van der Waals surface area contributed by atoms with E-state index in [9.17, 15) is 9.59 Å². The van der Waals surface area contributed by atoms with Gasteiger partial charge in [-0.3, -0.25) is 14.4 Å². The van der Waals surface area contributed by atoms with Crippen LogP contribution in [0.2, 0.25) is 0 Å². The van der Waals surface area contributed by atoms with E-state index in [1.54, 1.807) is 20.7 Å². The molecular weight excluding hydrogens is 348 g/mol. The zero-order valence-electron chi connectivity index (χ0n) is 15.1. The van der Waals surface area contributed by atoms with Crippen molar-refractivity contribution in [1.82, 2.24) is 19.6 Å². The van der Waals surface area contributed by atoms with Crippen molar-refractivity contribution in [1.29, 1.82) is 0 Å². The van der Waals surface area contributed by atoms with Gasteiger partial charge in [-0.15, -0.1) is 0 Å². The molecule has 2 fully saturated rings. The van der Waals surface area contributed by atoms with Crippen LogP contribution in [-0.4, -0.2) is 61.6 Å². The molecule has 27 heavy (non-hydrogen) atoms. The fraction of sp³-hybridized carbons (Fsp3) is 0.368. The van der Waals surface area contributed by atoms with Crippen LogP contribution < -0.4 is 0 Å². The molecule has 0 aliphatic carbocycles. The molecule has 1 aromatic heterocycles. The normalized spacial score (nSPS) is 21.5. The number of hydrogen-bond acceptors (Lipinski definition) is 4. The Kier molecular flexibility index (Phi) is 5.54. The summed E-state index contributed by atoms with van der Waals surface area (Å²) >= 11 is 0. The van der Waals surface area contributed by atoms with Gasteiger partial charge in [0.25, 0.3) is 6.47 Å². The highest BCUT2D eigenvalue weighted by atomic mass is 16.3. The molecule has 1 N–H and O–H groups in total. The maximum absolute atomic E-state index is 12.7. The van der Waals surface area contributed by atoms with Crippen LogP contribution in [0.3, 0.4) is 0 Å². The van der Waals surface area contributed by atoms with Crippen molar-refractivity contribution in [3.05, 3.63) is 48.3 Å². The number of carbonyl (C=O) groups excluding carboxylic acids is 2. The van der Waals surface area contributed by atoms with Crippen LogP contribution in [0.1, 0.15) is 25.3 Å². The second-order valence-electron chi connectivity index (χ2n) is 6.55. The van der Waals surface area contributed by atoms with Gasteiger partial charge in [0.05, 0.1) is 5.69 Å². The Morgan fingerprint density at radius 3 is 2.56 bits per heavy atom. The van der Waals surface area contributed by atoms with Crippen LogP contribution >= 0.6 is 0 Å². The Labute approximate surface area is 157 Å².